The summed E-state index contributed by atoms with van der Waals surface area (Å²) >= 11 is 5.68. The van der Waals surface area contributed by atoms with Gasteiger partial charge in [-0.15, -0.1) is 0 Å². The molecule has 3 aliphatic heterocycles. The number of carbonyl (C=O) groups is 1. The van der Waals surface area contributed by atoms with Crippen LogP contribution in [0.2, 0.25) is 0 Å². The number of fused-ring (bicyclic) bond motifs is 1. The van der Waals surface area contributed by atoms with Gasteiger partial charge in [-0.05, 0) is 105 Å². The number of ether oxygens (including phenoxy) is 3. The van der Waals surface area contributed by atoms with Crippen LogP contribution in [-0.4, -0.2) is 96.9 Å². The van der Waals surface area contributed by atoms with Crippen LogP contribution in [0.3, 0.4) is 0 Å². The van der Waals surface area contributed by atoms with Crippen LogP contribution >= 0.6 is 38.5 Å². The molecule has 1 atom stereocenters. The molecule has 3 fully saturated rings. The summed E-state index contributed by atoms with van der Waals surface area (Å²) in [6.45, 7) is 9.18. The van der Waals surface area contributed by atoms with Gasteiger partial charge < -0.3 is 28.9 Å². The molecule has 41 heavy (non-hydrogen) atoms. The molecule has 0 unspecified atom stereocenters. The first-order chi connectivity index (χ1) is 19.3. The van der Waals surface area contributed by atoms with E-state index >= 15 is 0 Å². The number of aromatic nitrogens is 2. The van der Waals surface area contributed by atoms with Gasteiger partial charge >= 0.3 is 12.1 Å². The first-order valence-corrected chi connectivity index (χ1v) is 15.9. The number of anilines is 1. The summed E-state index contributed by atoms with van der Waals surface area (Å²) in [5.74, 6) is 0.967. The van der Waals surface area contributed by atoms with Crippen LogP contribution in [0.1, 0.15) is 46.5 Å². The van der Waals surface area contributed by atoms with Crippen molar-refractivity contribution < 1.29 is 27.8 Å². The van der Waals surface area contributed by atoms with E-state index in [-0.39, 0.29) is 29.3 Å². The number of halogens is 4. The maximum Gasteiger partial charge on any atom is 0.410 e. The summed E-state index contributed by atoms with van der Waals surface area (Å²) in [6, 6.07) is 2.44. The second kappa shape index (κ2) is 12.1. The van der Waals surface area contributed by atoms with E-state index in [0.29, 0.717) is 35.5 Å². The SMILES string of the molecule is CN1CCC[C@H]1COc1nc(N2CCC3(CC2)CN(C(=O)OC(C)(C)C)C3)c2cc(I)c(Br)c(OCC(F)F)c2n1. The maximum atomic E-state index is 13.2. The van der Waals surface area contributed by atoms with Crippen molar-refractivity contribution >= 4 is 61.3 Å². The monoisotopic (exact) mass is 751 g/mol. The summed E-state index contributed by atoms with van der Waals surface area (Å²) in [5, 5.41) is 0.729. The number of piperidine rings is 1. The van der Waals surface area contributed by atoms with Crippen molar-refractivity contribution in [1.29, 1.82) is 0 Å². The van der Waals surface area contributed by atoms with Gasteiger partial charge in [0.15, 0.2) is 5.75 Å². The highest BCUT2D eigenvalue weighted by Gasteiger charge is 2.48. The van der Waals surface area contributed by atoms with E-state index in [1.165, 1.54) is 0 Å². The fraction of sp³-hybridized carbons (Fsp3) is 0.679. The fourth-order valence-corrected chi connectivity index (χ4v) is 6.79. The highest BCUT2D eigenvalue weighted by Crippen LogP contribution is 2.45. The van der Waals surface area contributed by atoms with Crippen LogP contribution in [0.4, 0.5) is 19.4 Å². The molecule has 226 valence electrons. The minimum Gasteiger partial charge on any atom is -0.484 e. The van der Waals surface area contributed by atoms with Crippen LogP contribution < -0.4 is 14.4 Å². The molecule has 1 spiro atoms. The quantitative estimate of drug-likeness (QED) is 0.322. The van der Waals surface area contributed by atoms with Crippen molar-refractivity contribution in [3.8, 4) is 11.8 Å². The lowest BCUT2D eigenvalue weighted by atomic mass is 9.72. The molecule has 0 saturated carbocycles. The third kappa shape index (κ3) is 6.92. The Bertz CT molecular complexity index is 1280. The summed E-state index contributed by atoms with van der Waals surface area (Å²) in [5.41, 5.74) is -0.0157. The van der Waals surface area contributed by atoms with Gasteiger partial charge in [0, 0.05) is 46.6 Å². The normalized spacial score (nSPS) is 21.0. The molecule has 0 aliphatic carbocycles. The van der Waals surface area contributed by atoms with Gasteiger partial charge in [-0.25, -0.2) is 13.6 Å². The smallest absolute Gasteiger partial charge is 0.410 e. The fourth-order valence-electron chi connectivity index (χ4n) is 5.82. The van der Waals surface area contributed by atoms with E-state index in [9.17, 15) is 13.6 Å². The van der Waals surface area contributed by atoms with Gasteiger partial charge in [0.25, 0.3) is 6.43 Å². The van der Waals surface area contributed by atoms with Crippen LogP contribution in [-0.2, 0) is 4.74 Å². The van der Waals surface area contributed by atoms with E-state index in [2.05, 4.69) is 60.4 Å². The Kier molecular flexibility index (Phi) is 9.06. The molecule has 0 N–H and O–H groups in total. The molecular weight excluding hydrogens is 715 g/mol. The number of nitrogens with zero attached hydrogens (tertiary/aromatic N) is 5. The molecule has 0 bridgehead atoms. The lowest BCUT2D eigenvalue weighted by Crippen LogP contribution is -2.62. The number of rotatable bonds is 7. The molecule has 3 aliphatic rings. The second-order valence-electron chi connectivity index (χ2n) is 12.3. The molecule has 13 heteroatoms. The van der Waals surface area contributed by atoms with E-state index in [0.717, 1.165) is 54.3 Å². The molecule has 1 amide bonds. The minimum absolute atomic E-state index is 0.0611. The Morgan fingerprint density at radius 2 is 1.90 bits per heavy atom. The van der Waals surface area contributed by atoms with Crippen LogP contribution in [0.25, 0.3) is 10.9 Å². The minimum atomic E-state index is -2.62. The third-order valence-electron chi connectivity index (χ3n) is 8.06. The van der Waals surface area contributed by atoms with Crippen LogP contribution in [0, 0.1) is 8.99 Å². The molecule has 5 rings (SSSR count). The zero-order valence-corrected chi connectivity index (χ0v) is 27.6. The van der Waals surface area contributed by atoms with Gasteiger partial charge in [-0.3, -0.25) is 0 Å². The zero-order chi connectivity index (χ0) is 29.5. The highest BCUT2D eigenvalue weighted by atomic mass is 127. The number of alkyl halides is 2. The van der Waals surface area contributed by atoms with Gasteiger partial charge in [0.1, 0.15) is 30.1 Å². The van der Waals surface area contributed by atoms with E-state index < -0.39 is 18.6 Å². The Morgan fingerprint density at radius 3 is 2.51 bits per heavy atom. The first-order valence-electron chi connectivity index (χ1n) is 14.0. The number of likely N-dealkylation sites (N-methyl/N-ethyl adjacent to an activating group) is 1. The van der Waals surface area contributed by atoms with Crippen molar-refractivity contribution in [1.82, 2.24) is 19.8 Å². The average Bonchev–Trinajstić information content (AvgIpc) is 3.29. The molecule has 0 radical (unpaired) electrons. The van der Waals surface area contributed by atoms with Gasteiger partial charge in [-0.2, -0.15) is 9.97 Å². The first kappa shape index (κ1) is 30.7. The number of hydrogen-bond acceptors (Lipinski definition) is 8. The Balaban J connectivity index is 1.39. The number of hydrogen-bond donors (Lipinski definition) is 0. The zero-order valence-electron chi connectivity index (χ0n) is 23.9. The summed E-state index contributed by atoms with van der Waals surface area (Å²) in [6.07, 6.45) is 1.06. The Morgan fingerprint density at radius 1 is 1.20 bits per heavy atom. The van der Waals surface area contributed by atoms with E-state index in [4.69, 9.17) is 19.2 Å². The number of benzene rings is 1. The largest absolute Gasteiger partial charge is 0.484 e. The molecule has 1 aromatic heterocycles. The van der Waals surface area contributed by atoms with Crippen LogP contribution in [0.5, 0.6) is 11.8 Å². The average molecular weight is 752 g/mol. The highest BCUT2D eigenvalue weighted by molar-refractivity contribution is 14.1. The Hall–Kier alpha value is -1.74. The van der Waals surface area contributed by atoms with E-state index in [1.807, 2.05) is 26.8 Å². The molecule has 9 nitrogen and oxygen atoms in total. The lowest BCUT2D eigenvalue weighted by molar-refractivity contribution is -0.0434. The predicted octanol–water partition coefficient (Wildman–Crippen LogP) is 5.95. The van der Waals surface area contributed by atoms with Gasteiger partial charge in [-0.1, -0.05) is 0 Å². The van der Waals surface area contributed by atoms with Crippen molar-refractivity contribution in [3.05, 3.63) is 14.1 Å². The molecule has 1 aromatic carbocycles. The summed E-state index contributed by atoms with van der Waals surface area (Å²) in [7, 11) is 2.08. The molecule has 2 aromatic rings. The van der Waals surface area contributed by atoms with Crippen molar-refractivity contribution in [3.63, 3.8) is 0 Å². The maximum absolute atomic E-state index is 13.2. The van der Waals surface area contributed by atoms with Crippen molar-refractivity contribution in [2.45, 2.75) is 64.5 Å². The number of amides is 1. The molecular formula is C28H37BrF2IN5O4. The lowest BCUT2D eigenvalue weighted by Gasteiger charge is -2.53. The number of carbonyl (C=O) groups excluding carboxylic acids is 1. The van der Waals surface area contributed by atoms with Gasteiger partial charge in [0.05, 0.1) is 4.47 Å². The summed E-state index contributed by atoms with van der Waals surface area (Å²) < 4.78 is 45.0. The predicted molar refractivity (Wildman–Crippen MR) is 164 cm³/mol. The number of likely N-dealkylation sites (tertiary alicyclic amines) is 2. The standard InChI is InChI=1S/C28H37BrF2IN5O4/c1-27(2,3)41-26(38)37-15-28(16-37)7-10-36(11-8-28)24-18-12-19(32)21(29)23(39-14-20(30)31)22(18)33-25(34-24)40-13-17-6-5-9-35(17)4/h12,17,20H,5-11,13-16H2,1-4H3/t17-/m0/s1. The van der Waals surface area contributed by atoms with Crippen molar-refractivity contribution in [2.75, 3.05) is 57.9 Å². The van der Waals surface area contributed by atoms with Crippen molar-refractivity contribution in [2.24, 2.45) is 5.41 Å². The second-order valence-corrected chi connectivity index (χ2v) is 14.3. The topological polar surface area (TPSA) is 80.3 Å². The molecule has 3 saturated heterocycles. The Labute approximate surface area is 261 Å². The molecule has 4 heterocycles. The van der Waals surface area contributed by atoms with Crippen LogP contribution in [0.15, 0.2) is 10.5 Å². The van der Waals surface area contributed by atoms with Gasteiger partial charge in [0.2, 0.25) is 0 Å². The summed E-state index contributed by atoms with van der Waals surface area (Å²) in [4.78, 5) is 28.3. The third-order valence-corrected chi connectivity index (χ3v) is 10.4. The van der Waals surface area contributed by atoms with E-state index in [1.54, 1.807) is 4.90 Å².